The lowest BCUT2D eigenvalue weighted by Crippen LogP contribution is -2.01. The van der Waals surface area contributed by atoms with Gasteiger partial charge in [-0.2, -0.15) is 5.26 Å². The summed E-state index contributed by atoms with van der Waals surface area (Å²) in [7, 11) is 0. The van der Waals surface area contributed by atoms with Crippen LogP contribution in [-0.4, -0.2) is 4.98 Å². The van der Waals surface area contributed by atoms with E-state index in [2.05, 4.69) is 10.3 Å². The van der Waals surface area contributed by atoms with Crippen molar-refractivity contribution in [2.45, 2.75) is 6.54 Å². The third kappa shape index (κ3) is 2.73. The van der Waals surface area contributed by atoms with Crippen LogP contribution < -0.4 is 5.32 Å². The van der Waals surface area contributed by atoms with Gasteiger partial charge in [-0.3, -0.25) is 0 Å². The SMILES string of the molecule is N#Cc1c(F)cccc1NCc1cnc(Cl)s1. The topological polar surface area (TPSA) is 48.7 Å². The molecule has 1 aromatic heterocycles. The fourth-order valence-corrected chi connectivity index (χ4v) is 2.25. The molecule has 3 nitrogen and oxygen atoms in total. The summed E-state index contributed by atoms with van der Waals surface area (Å²) in [6.07, 6.45) is 1.64. The first-order valence-electron chi connectivity index (χ1n) is 4.73. The van der Waals surface area contributed by atoms with Crippen LogP contribution in [0.1, 0.15) is 10.4 Å². The molecule has 1 N–H and O–H groups in total. The summed E-state index contributed by atoms with van der Waals surface area (Å²) in [6.45, 7) is 0.461. The third-order valence-corrected chi connectivity index (χ3v) is 3.22. The molecule has 2 aromatic rings. The molecule has 0 unspecified atom stereocenters. The number of aromatic nitrogens is 1. The van der Waals surface area contributed by atoms with Gasteiger partial charge in [0.05, 0.1) is 12.2 Å². The van der Waals surface area contributed by atoms with Crippen LogP contribution in [0.5, 0.6) is 0 Å². The van der Waals surface area contributed by atoms with Crippen molar-refractivity contribution in [3.05, 3.63) is 45.1 Å². The molecule has 0 spiro atoms. The number of benzene rings is 1. The normalized spacial score (nSPS) is 9.94. The molecule has 86 valence electrons. The van der Waals surface area contributed by atoms with Gasteiger partial charge in [0.15, 0.2) is 4.47 Å². The predicted molar refractivity (Wildman–Crippen MR) is 65.6 cm³/mol. The number of rotatable bonds is 3. The Morgan fingerprint density at radius 3 is 3.00 bits per heavy atom. The van der Waals surface area contributed by atoms with Gasteiger partial charge < -0.3 is 5.32 Å². The number of halogens is 2. The van der Waals surface area contributed by atoms with Gasteiger partial charge in [0.25, 0.3) is 0 Å². The summed E-state index contributed by atoms with van der Waals surface area (Å²) >= 11 is 7.03. The van der Waals surface area contributed by atoms with E-state index in [1.165, 1.54) is 17.4 Å². The molecule has 0 aliphatic heterocycles. The van der Waals surface area contributed by atoms with Crippen LogP contribution in [0.2, 0.25) is 4.47 Å². The molecule has 0 aliphatic carbocycles. The minimum Gasteiger partial charge on any atom is -0.379 e. The highest BCUT2D eigenvalue weighted by Crippen LogP contribution is 2.21. The van der Waals surface area contributed by atoms with Crippen molar-refractivity contribution in [1.29, 1.82) is 5.26 Å². The average molecular weight is 268 g/mol. The van der Waals surface area contributed by atoms with Gasteiger partial charge in [-0.15, -0.1) is 11.3 Å². The number of nitrogens with zero attached hydrogens (tertiary/aromatic N) is 2. The first-order valence-corrected chi connectivity index (χ1v) is 5.93. The van der Waals surface area contributed by atoms with Crippen LogP contribution in [0, 0.1) is 17.1 Å². The van der Waals surface area contributed by atoms with Crippen molar-refractivity contribution >= 4 is 28.6 Å². The first-order chi connectivity index (χ1) is 8.20. The number of hydrogen-bond donors (Lipinski definition) is 1. The summed E-state index contributed by atoms with van der Waals surface area (Å²) in [4.78, 5) is 4.81. The third-order valence-electron chi connectivity index (χ3n) is 2.10. The van der Waals surface area contributed by atoms with E-state index in [1.807, 2.05) is 6.07 Å². The second kappa shape index (κ2) is 5.13. The van der Waals surface area contributed by atoms with Gasteiger partial charge in [-0.05, 0) is 12.1 Å². The maximum absolute atomic E-state index is 13.3. The summed E-state index contributed by atoms with van der Waals surface area (Å²) in [6, 6.07) is 6.30. The van der Waals surface area contributed by atoms with Crippen molar-refractivity contribution < 1.29 is 4.39 Å². The van der Waals surface area contributed by atoms with Gasteiger partial charge in [0.1, 0.15) is 17.4 Å². The quantitative estimate of drug-likeness (QED) is 0.927. The summed E-state index contributed by atoms with van der Waals surface area (Å²) < 4.78 is 13.7. The number of thiazole rings is 1. The highest BCUT2D eigenvalue weighted by atomic mass is 35.5. The molecule has 0 fully saturated rings. The van der Waals surface area contributed by atoms with E-state index >= 15 is 0 Å². The molecule has 0 bridgehead atoms. The second-order valence-corrected chi connectivity index (χ2v) is 4.90. The fourth-order valence-electron chi connectivity index (χ4n) is 1.33. The number of nitriles is 1. The van der Waals surface area contributed by atoms with E-state index in [4.69, 9.17) is 16.9 Å². The van der Waals surface area contributed by atoms with Crippen LogP contribution >= 0.6 is 22.9 Å². The Morgan fingerprint density at radius 1 is 1.53 bits per heavy atom. The Morgan fingerprint density at radius 2 is 2.35 bits per heavy atom. The zero-order valence-corrected chi connectivity index (χ0v) is 10.1. The number of nitrogens with one attached hydrogen (secondary N) is 1. The van der Waals surface area contributed by atoms with Gasteiger partial charge in [0.2, 0.25) is 0 Å². The van der Waals surface area contributed by atoms with E-state index < -0.39 is 5.82 Å². The number of hydrogen-bond acceptors (Lipinski definition) is 4. The lowest BCUT2D eigenvalue weighted by atomic mass is 10.2. The monoisotopic (exact) mass is 267 g/mol. The Kier molecular flexibility index (Phi) is 3.57. The van der Waals surface area contributed by atoms with Crippen molar-refractivity contribution in [3.8, 4) is 6.07 Å². The van der Waals surface area contributed by atoms with Crippen LogP contribution in [0.4, 0.5) is 10.1 Å². The van der Waals surface area contributed by atoms with E-state index in [9.17, 15) is 4.39 Å². The first kappa shape index (κ1) is 11.8. The summed E-state index contributed by atoms with van der Waals surface area (Å²) in [5.41, 5.74) is 0.486. The minimum atomic E-state index is -0.528. The molecule has 6 heteroatoms. The minimum absolute atomic E-state index is 0.0168. The van der Waals surface area contributed by atoms with Gasteiger partial charge in [0, 0.05) is 11.1 Å². The predicted octanol–water partition coefficient (Wildman–Crippen LogP) is 3.42. The highest BCUT2D eigenvalue weighted by Gasteiger charge is 2.07. The van der Waals surface area contributed by atoms with Gasteiger partial charge in [-0.25, -0.2) is 9.37 Å². The zero-order valence-electron chi connectivity index (χ0n) is 8.58. The van der Waals surface area contributed by atoms with Crippen molar-refractivity contribution in [2.75, 3.05) is 5.32 Å². The van der Waals surface area contributed by atoms with E-state index in [0.717, 1.165) is 4.88 Å². The average Bonchev–Trinajstić information content (AvgIpc) is 2.72. The molecule has 1 aromatic carbocycles. The molecule has 0 radical (unpaired) electrons. The molecule has 1 heterocycles. The van der Waals surface area contributed by atoms with E-state index in [-0.39, 0.29) is 5.56 Å². The van der Waals surface area contributed by atoms with E-state index in [0.29, 0.717) is 16.7 Å². The van der Waals surface area contributed by atoms with Gasteiger partial charge >= 0.3 is 0 Å². The van der Waals surface area contributed by atoms with Crippen LogP contribution in [0.25, 0.3) is 0 Å². The Balaban J connectivity index is 2.14. The fraction of sp³-hybridized carbons (Fsp3) is 0.0909. The smallest absolute Gasteiger partial charge is 0.183 e. The molecule has 0 amide bonds. The van der Waals surface area contributed by atoms with Crippen LogP contribution in [0.15, 0.2) is 24.4 Å². The maximum Gasteiger partial charge on any atom is 0.183 e. The van der Waals surface area contributed by atoms with Crippen LogP contribution in [-0.2, 0) is 6.54 Å². The van der Waals surface area contributed by atoms with Crippen molar-refractivity contribution in [2.24, 2.45) is 0 Å². The summed E-state index contributed by atoms with van der Waals surface area (Å²) in [5, 5.41) is 11.8. The summed E-state index contributed by atoms with van der Waals surface area (Å²) in [5.74, 6) is -0.528. The Bertz CT molecular complexity index is 576. The van der Waals surface area contributed by atoms with Crippen molar-refractivity contribution in [1.82, 2.24) is 4.98 Å². The molecule has 0 aliphatic rings. The molecule has 17 heavy (non-hydrogen) atoms. The molecule has 0 atom stereocenters. The lowest BCUT2D eigenvalue weighted by Gasteiger charge is -2.06. The van der Waals surface area contributed by atoms with Crippen molar-refractivity contribution in [3.63, 3.8) is 0 Å². The Hall–Kier alpha value is -1.64. The number of anilines is 1. The maximum atomic E-state index is 13.3. The zero-order chi connectivity index (χ0) is 12.3. The molecular formula is C11H7ClFN3S. The lowest BCUT2D eigenvalue weighted by molar-refractivity contribution is 0.624. The highest BCUT2D eigenvalue weighted by molar-refractivity contribution is 7.15. The molecule has 0 saturated carbocycles. The Labute approximate surface area is 106 Å². The van der Waals surface area contributed by atoms with Gasteiger partial charge in [-0.1, -0.05) is 17.7 Å². The standard InChI is InChI=1S/C11H7ClFN3S/c12-11-16-6-7(17-11)5-15-10-3-1-2-9(13)8(10)4-14/h1-3,6,15H,5H2. The molecular weight excluding hydrogens is 261 g/mol. The van der Waals surface area contributed by atoms with E-state index in [1.54, 1.807) is 18.3 Å². The second-order valence-electron chi connectivity index (χ2n) is 3.21. The van der Waals surface area contributed by atoms with Crippen LogP contribution in [0.3, 0.4) is 0 Å². The largest absolute Gasteiger partial charge is 0.379 e. The molecule has 0 saturated heterocycles. The molecule has 2 rings (SSSR count).